The number of hydrogen-bond acceptors (Lipinski definition) is 4. The molecule has 0 radical (unpaired) electrons. The molecule has 3 amide bonds. The van der Waals surface area contributed by atoms with E-state index in [9.17, 15) is 27.6 Å². The second-order valence-electron chi connectivity index (χ2n) is 6.78. The van der Waals surface area contributed by atoms with Crippen LogP contribution in [-0.4, -0.2) is 28.0 Å². The Morgan fingerprint density at radius 3 is 2.52 bits per heavy atom. The zero-order valence-corrected chi connectivity index (χ0v) is 17.6. The maximum Gasteiger partial charge on any atom is 0.416 e. The molecule has 0 saturated carbocycles. The first-order valence-corrected chi connectivity index (χ1v) is 10.2. The number of nitrogens with zero attached hydrogens (tertiary/aromatic N) is 1. The smallest absolute Gasteiger partial charge is 0.326 e. The first-order valence-electron chi connectivity index (χ1n) is 9.04. The highest BCUT2D eigenvalue weighted by Crippen LogP contribution is 2.34. The van der Waals surface area contributed by atoms with Crippen molar-refractivity contribution in [3.8, 4) is 0 Å². The standard InChI is InChI=1S/C21H16ClF3N2O3S/c1-12(9-18(28)26-16-4-2-3-14(11-16)21(23,24)25)27-19(29)17(31-20(27)30)10-13-5-7-15(22)8-6-13/h2-8,10-12H,9H2,1H3,(H,26,28). The van der Waals surface area contributed by atoms with Crippen LogP contribution in [0.2, 0.25) is 5.02 Å². The molecule has 2 aromatic carbocycles. The van der Waals surface area contributed by atoms with Crippen molar-refractivity contribution < 1.29 is 27.6 Å². The monoisotopic (exact) mass is 468 g/mol. The fourth-order valence-electron chi connectivity index (χ4n) is 2.92. The molecule has 0 spiro atoms. The van der Waals surface area contributed by atoms with Gasteiger partial charge in [-0.15, -0.1) is 0 Å². The fourth-order valence-corrected chi connectivity index (χ4v) is 3.97. The Bertz CT molecular complexity index is 1050. The summed E-state index contributed by atoms with van der Waals surface area (Å²) < 4.78 is 38.4. The largest absolute Gasteiger partial charge is 0.416 e. The number of thioether (sulfide) groups is 1. The summed E-state index contributed by atoms with van der Waals surface area (Å²) in [6.07, 6.45) is -3.24. The van der Waals surface area contributed by atoms with Gasteiger partial charge in [-0.2, -0.15) is 13.2 Å². The van der Waals surface area contributed by atoms with Crippen molar-refractivity contribution in [2.24, 2.45) is 0 Å². The van der Waals surface area contributed by atoms with Crippen LogP contribution in [0.1, 0.15) is 24.5 Å². The molecule has 1 fully saturated rings. The number of benzene rings is 2. The predicted molar refractivity (Wildman–Crippen MR) is 113 cm³/mol. The number of amides is 3. The maximum absolute atomic E-state index is 12.8. The first kappa shape index (κ1) is 22.9. The summed E-state index contributed by atoms with van der Waals surface area (Å²) in [5.74, 6) is -1.16. The lowest BCUT2D eigenvalue weighted by Crippen LogP contribution is -2.39. The van der Waals surface area contributed by atoms with E-state index in [0.29, 0.717) is 10.6 Å². The number of alkyl halides is 3. The van der Waals surface area contributed by atoms with Gasteiger partial charge in [0, 0.05) is 23.2 Å². The number of anilines is 1. The summed E-state index contributed by atoms with van der Waals surface area (Å²) in [4.78, 5) is 38.4. The maximum atomic E-state index is 12.8. The van der Waals surface area contributed by atoms with Gasteiger partial charge in [-0.3, -0.25) is 19.3 Å². The van der Waals surface area contributed by atoms with Crippen LogP contribution >= 0.6 is 23.4 Å². The van der Waals surface area contributed by atoms with E-state index >= 15 is 0 Å². The van der Waals surface area contributed by atoms with Crippen LogP contribution in [0.5, 0.6) is 0 Å². The molecular formula is C21H16ClF3N2O3S. The number of rotatable bonds is 5. The number of carbonyl (C=O) groups excluding carboxylic acids is 3. The lowest BCUT2D eigenvalue weighted by atomic mass is 10.1. The van der Waals surface area contributed by atoms with Gasteiger partial charge >= 0.3 is 6.18 Å². The van der Waals surface area contributed by atoms with Crippen molar-refractivity contribution in [1.82, 2.24) is 4.90 Å². The Hall–Kier alpha value is -2.78. The molecule has 0 aromatic heterocycles. The Labute approximate surface area is 185 Å². The van der Waals surface area contributed by atoms with E-state index in [2.05, 4.69) is 5.32 Å². The summed E-state index contributed by atoms with van der Waals surface area (Å²) in [5.41, 5.74) is -0.231. The molecule has 1 aliphatic rings. The summed E-state index contributed by atoms with van der Waals surface area (Å²) in [7, 11) is 0. The third-order valence-corrected chi connectivity index (χ3v) is 5.52. The molecule has 1 heterocycles. The average Bonchev–Trinajstić information content (AvgIpc) is 2.96. The van der Waals surface area contributed by atoms with Crippen LogP contribution in [0.15, 0.2) is 53.4 Å². The molecule has 1 aliphatic heterocycles. The number of imide groups is 1. The molecule has 3 rings (SSSR count). The van der Waals surface area contributed by atoms with Crippen LogP contribution in [0.25, 0.3) is 6.08 Å². The van der Waals surface area contributed by atoms with Crippen molar-refractivity contribution in [1.29, 1.82) is 0 Å². The lowest BCUT2D eigenvalue weighted by molar-refractivity contribution is -0.137. The Kier molecular flexibility index (Phi) is 6.76. The highest BCUT2D eigenvalue weighted by Gasteiger charge is 2.39. The van der Waals surface area contributed by atoms with E-state index in [0.717, 1.165) is 28.8 Å². The predicted octanol–water partition coefficient (Wildman–Crippen LogP) is 5.81. The van der Waals surface area contributed by atoms with E-state index in [4.69, 9.17) is 11.6 Å². The van der Waals surface area contributed by atoms with Crippen LogP contribution in [0.3, 0.4) is 0 Å². The quantitative estimate of drug-likeness (QED) is 0.562. The molecule has 2 aromatic rings. The Morgan fingerprint density at radius 2 is 1.87 bits per heavy atom. The summed E-state index contributed by atoms with van der Waals surface area (Å²) in [6.45, 7) is 1.52. The second kappa shape index (κ2) is 9.15. The van der Waals surface area contributed by atoms with Gasteiger partial charge in [0.05, 0.1) is 10.5 Å². The van der Waals surface area contributed by atoms with E-state index in [1.165, 1.54) is 19.1 Å². The highest BCUT2D eigenvalue weighted by atomic mass is 35.5. The second-order valence-corrected chi connectivity index (χ2v) is 8.21. The zero-order chi connectivity index (χ0) is 22.8. The van der Waals surface area contributed by atoms with Gasteiger partial charge in [0.1, 0.15) is 0 Å². The van der Waals surface area contributed by atoms with Gasteiger partial charge < -0.3 is 5.32 Å². The Morgan fingerprint density at radius 1 is 1.19 bits per heavy atom. The van der Waals surface area contributed by atoms with Crippen LogP contribution in [0, 0.1) is 0 Å². The van der Waals surface area contributed by atoms with Gasteiger partial charge in [0.2, 0.25) is 5.91 Å². The van der Waals surface area contributed by atoms with Crippen molar-refractivity contribution in [3.05, 3.63) is 69.6 Å². The van der Waals surface area contributed by atoms with E-state index in [1.54, 1.807) is 30.3 Å². The molecule has 162 valence electrons. The van der Waals surface area contributed by atoms with E-state index in [1.807, 2.05) is 0 Å². The molecular weight excluding hydrogens is 453 g/mol. The van der Waals surface area contributed by atoms with Gasteiger partial charge in [0.15, 0.2) is 0 Å². The molecule has 31 heavy (non-hydrogen) atoms. The summed E-state index contributed by atoms with van der Waals surface area (Å²) in [6, 6.07) is 10.1. The normalized spacial score (nSPS) is 16.7. The number of halogens is 4. The van der Waals surface area contributed by atoms with Crippen molar-refractivity contribution in [2.45, 2.75) is 25.6 Å². The third kappa shape index (κ3) is 5.68. The minimum atomic E-state index is -4.54. The first-order chi connectivity index (χ1) is 14.5. The zero-order valence-electron chi connectivity index (χ0n) is 16.1. The van der Waals surface area contributed by atoms with Crippen LogP contribution < -0.4 is 5.32 Å². The molecule has 1 saturated heterocycles. The van der Waals surface area contributed by atoms with Crippen molar-refractivity contribution in [3.63, 3.8) is 0 Å². The topological polar surface area (TPSA) is 66.5 Å². The Balaban J connectivity index is 1.66. The van der Waals surface area contributed by atoms with Crippen LogP contribution in [-0.2, 0) is 15.8 Å². The SMILES string of the molecule is CC(CC(=O)Nc1cccc(C(F)(F)F)c1)N1C(=O)SC(=Cc2ccc(Cl)cc2)C1=O. The van der Waals surface area contributed by atoms with Crippen molar-refractivity contribution in [2.75, 3.05) is 5.32 Å². The van der Waals surface area contributed by atoms with Gasteiger partial charge in [-0.1, -0.05) is 29.8 Å². The van der Waals surface area contributed by atoms with Gasteiger partial charge in [-0.05, 0) is 60.7 Å². The number of carbonyl (C=O) groups is 3. The molecule has 0 aliphatic carbocycles. The van der Waals surface area contributed by atoms with Crippen molar-refractivity contribution >= 4 is 52.2 Å². The third-order valence-electron chi connectivity index (χ3n) is 4.39. The lowest BCUT2D eigenvalue weighted by Gasteiger charge is -2.21. The molecule has 1 atom stereocenters. The highest BCUT2D eigenvalue weighted by molar-refractivity contribution is 8.18. The summed E-state index contributed by atoms with van der Waals surface area (Å²) in [5, 5.41) is 2.38. The van der Waals surface area contributed by atoms with E-state index in [-0.39, 0.29) is 17.0 Å². The van der Waals surface area contributed by atoms with Gasteiger partial charge in [-0.25, -0.2) is 0 Å². The van der Waals surface area contributed by atoms with E-state index < -0.39 is 34.8 Å². The fraction of sp³-hybridized carbons (Fsp3) is 0.190. The molecule has 5 nitrogen and oxygen atoms in total. The van der Waals surface area contributed by atoms with Gasteiger partial charge in [0.25, 0.3) is 11.1 Å². The minimum absolute atomic E-state index is 0.0243. The average molecular weight is 469 g/mol. The number of hydrogen-bond donors (Lipinski definition) is 1. The van der Waals surface area contributed by atoms with Crippen LogP contribution in [0.4, 0.5) is 23.7 Å². The molecule has 0 bridgehead atoms. The summed E-state index contributed by atoms with van der Waals surface area (Å²) >= 11 is 6.59. The molecule has 1 unspecified atom stereocenters. The molecule has 10 heteroatoms. The number of nitrogens with one attached hydrogen (secondary N) is 1. The molecule has 1 N–H and O–H groups in total. The minimum Gasteiger partial charge on any atom is -0.326 e.